The molecule has 0 saturated heterocycles. The zero-order valence-corrected chi connectivity index (χ0v) is 10.2. The first-order chi connectivity index (χ1) is 8.06. The number of hydrogen-bond acceptors (Lipinski definition) is 4. The van der Waals surface area contributed by atoms with Crippen molar-refractivity contribution in [2.75, 3.05) is 12.3 Å². The van der Waals surface area contributed by atoms with Gasteiger partial charge in [0.2, 0.25) is 0 Å². The minimum atomic E-state index is 0.0472. The van der Waals surface area contributed by atoms with Gasteiger partial charge < -0.3 is 16.2 Å². The monoisotopic (exact) mass is 234 g/mol. The summed E-state index contributed by atoms with van der Waals surface area (Å²) in [6.07, 6.45) is 1.91. The van der Waals surface area contributed by atoms with Crippen LogP contribution in [0.5, 0.6) is 0 Å². The lowest BCUT2D eigenvalue weighted by atomic mass is 10.1. The number of aryl methyl sites for hydroxylation is 1. The molecule has 17 heavy (non-hydrogen) atoms. The van der Waals surface area contributed by atoms with Gasteiger partial charge in [0.25, 0.3) is 0 Å². The van der Waals surface area contributed by atoms with Crippen molar-refractivity contribution in [2.24, 2.45) is 12.8 Å². The summed E-state index contributed by atoms with van der Waals surface area (Å²) in [4.78, 5) is 0. The van der Waals surface area contributed by atoms with Gasteiger partial charge in [-0.1, -0.05) is 0 Å². The lowest BCUT2D eigenvalue weighted by Crippen LogP contribution is -2.21. The molecule has 1 aromatic carbocycles. The topological polar surface area (TPSA) is 79.1 Å². The standard InChI is InChI=1S/C12H18N4O/c1-8(13)6-17-7-9-3-11(14)10-5-16(2)15-12(10)4-9/h3-5,8H,6-7,13-14H2,1-2H3. The van der Waals surface area contributed by atoms with E-state index in [-0.39, 0.29) is 6.04 Å². The van der Waals surface area contributed by atoms with Gasteiger partial charge in [0, 0.05) is 30.4 Å². The van der Waals surface area contributed by atoms with E-state index in [1.54, 1.807) is 4.68 Å². The maximum Gasteiger partial charge on any atom is 0.0947 e. The van der Waals surface area contributed by atoms with Gasteiger partial charge in [-0.3, -0.25) is 4.68 Å². The van der Waals surface area contributed by atoms with Crippen molar-refractivity contribution in [2.45, 2.75) is 19.6 Å². The van der Waals surface area contributed by atoms with Crippen molar-refractivity contribution in [3.8, 4) is 0 Å². The van der Waals surface area contributed by atoms with Crippen molar-refractivity contribution < 1.29 is 4.74 Å². The first-order valence-corrected chi connectivity index (χ1v) is 5.61. The molecule has 0 bridgehead atoms. The van der Waals surface area contributed by atoms with Gasteiger partial charge in [0.15, 0.2) is 0 Å². The Morgan fingerprint density at radius 2 is 2.24 bits per heavy atom. The number of benzene rings is 1. The third-order valence-corrected chi connectivity index (χ3v) is 2.48. The molecule has 1 heterocycles. The molecule has 0 amide bonds. The summed E-state index contributed by atoms with van der Waals surface area (Å²) in [7, 11) is 1.88. The highest BCUT2D eigenvalue weighted by Crippen LogP contribution is 2.22. The van der Waals surface area contributed by atoms with Crippen LogP contribution < -0.4 is 11.5 Å². The third kappa shape index (κ3) is 2.75. The third-order valence-electron chi connectivity index (χ3n) is 2.48. The predicted molar refractivity (Wildman–Crippen MR) is 68.4 cm³/mol. The minimum Gasteiger partial charge on any atom is -0.398 e. The molecule has 0 aliphatic heterocycles. The van der Waals surface area contributed by atoms with Crippen molar-refractivity contribution in [3.05, 3.63) is 23.9 Å². The lowest BCUT2D eigenvalue weighted by molar-refractivity contribution is 0.111. The lowest BCUT2D eigenvalue weighted by Gasteiger charge is -2.07. The highest BCUT2D eigenvalue weighted by Gasteiger charge is 2.05. The number of nitrogen functional groups attached to an aromatic ring is 1. The normalized spacial score (nSPS) is 13.1. The van der Waals surface area contributed by atoms with Crippen LogP contribution in [-0.4, -0.2) is 22.4 Å². The molecule has 1 unspecified atom stereocenters. The Kier molecular flexibility index (Phi) is 3.31. The zero-order valence-electron chi connectivity index (χ0n) is 10.2. The van der Waals surface area contributed by atoms with Gasteiger partial charge in [0.1, 0.15) is 0 Å². The number of ether oxygens (including phenoxy) is 1. The van der Waals surface area contributed by atoms with Crippen LogP contribution in [0.25, 0.3) is 10.9 Å². The average Bonchev–Trinajstić information content (AvgIpc) is 2.58. The van der Waals surface area contributed by atoms with E-state index < -0.39 is 0 Å². The molecule has 1 aromatic heterocycles. The quantitative estimate of drug-likeness (QED) is 0.774. The van der Waals surface area contributed by atoms with Gasteiger partial charge in [-0.2, -0.15) is 5.10 Å². The van der Waals surface area contributed by atoms with Crippen LogP contribution in [0.3, 0.4) is 0 Å². The SMILES string of the molecule is CC(N)COCc1cc(N)c2cn(C)nc2c1. The van der Waals surface area contributed by atoms with Crippen molar-refractivity contribution in [1.29, 1.82) is 0 Å². The average molecular weight is 234 g/mol. The Morgan fingerprint density at radius 1 is 1.47 bits per heavy atom. The Morgan fingerprint density at radius 3 is 2.94 bits per heavy atom. The Bertz CT molecular complexity index is 518. The molecule has 2 rings (SSSR count). The fourth-order valence-corrected chi connectivity index (χ4v) is 1.78. The first-order valence-electron chi connectivity index (χ1n) is 5.61. The first kappa shape index (κ1) is 11.9. The number of nitrogens with two attached hydrogens (primary N) is 2. The Labute approximate surface area is 100 Å². The van der Waals surface area contributed by atoms with Gasteiger partial charge in [-0.15, -0.1) is 0 Å². The molecule has 4 N–H and O–H groups in total. The van der Waals surface area contributed by atoms with Gasteiger partial charge >= 0.3 is 0 Å². The molecule has 1 atom stereocenters. The van der Waals surface area contributed by atoms with Gasteiger partial charge in [0.05, 0.1) is 18.7 Å². The summed E-state index contributed by atoms with van der Waals surface area (Å²) in [6.45, 7) is 2.97. The summed E-state index contributed by atoms with van der Waals surface area (Å²) in [5.74, 6) is 0. The van der Waals surface area contributed by atoms with Gasteiger partial charge in [-0.05, 0) is 24.6 Å². The summed E-state index contributed by atoms with van der Waals surface area (Å²) in [5.41, 5.74) is 14.2. The van der Waals surface area contributed by atoms with Crippen LogP contribution in [-0.2, 0) is 18.4 Å². The van der Waals surface area contributed by atoms with Crippen molar-refractivity contribution in [3.63, 3.8) is 0 Å². The van der Waals surface area contributed by atoms with Crippen molar-refractivity contribution in [1.82, 2.24) is 9.78 Å². The van der Waals surface area contributed by atoms with Crippen LogP contribution in [0.1, 0.15) is 12.5 Å². The molecule has 5 nitrogen and oxygen atoms in total. The van der Waals surface area contributed by atoms with E-state index in [9.17, 15) is 0 Å². The number of nitrogens with zero attached hydrogens (tertiary/aromatic N) is 2. The van der Waals surface area contributed by atoms with E-state index in [2.05, 4.69) is 5.10 Å². The smallest absolute Gasteiger partial charge is 0.0947 e. The molecule has 0 radical (unpaired) electrons. The second-order valence-corrected chi connectivity index (χ2v) is 4.41. The predicted octanol–water partition coefficient (Wildman–Crippen LogP) is 1.02. The van der Waals surface area contributed by atoms with Crippen LogP contribution >= 0.6 is 0 Å². The molecule has 0 aliphatic carbocycles. The van der Waals surface area contributed by atoms with E-state index in [0.29, 0.717) is 13.2 Å². The van der Waals surface area contributed by atoms with Crippen molar-refractivity contribution >= 4 is 16.6 Å². The zero-order chi connectivity index (χ0) is 12.4. The number of anilines is 1. The van der Waals surface area contributed by atoms with E-state index in [4.69, 9.17) is 16.2 Å². The molecule has 0 saturated carbocycles. The van der Waals surface area contributed by atoms with E-state index >= 15 is 0 Å². The largest absolute Gasteiger partial charge is 0.398 e. The van der Waals surface area contributed by atoms with E-state index in [0.717, 1.165) is 22.2 Å². The Hall–Kier alpha value is -1.59. The molecule has 0 fully saturated rings. The van der Waals surface area contributed by atoms with Crippen LogP contribution in [0.2, 0.25) is 0 Å². The number of hydrogen-bond donors (Lipinski definition) is 2. The second kappa shape index (κ2) is 4.73. The van der Waals surface area contributed by atoms with Crippen LogP contribution in [0.4, 0.5) is 5.69 Å². The number of fused-ring (bicyclic) bond motifs is 1. The molecular weight excluding hydrogens is 216 g/mol. The highest BCUT2D eigenvalue weighted by atomic mass is 16.5. The Balaban J connectivity index is 2.18. The molecule has 2 aromatic rings. The summed E-state index contributed by atoms with van der Waals surface area (Å²) in [6, 6.07) is 3.96. The minimum absolute atomic E-state index is 0.0472. The fraction of sp³-hybridized carbons (Fsp3) is 0.417. The maximum absolute atomic E-state index is 5.97. The molecule has 0 spiro atoms. The van der Waals surface area contributed by atoms with Crippen LogP contribution in [0.15, 0.2) is 18.3 Å². The summed E-state index contributed by atoms with van der Waals surface area (Å²) < 4.78 is 7.23. The fourth-order valence-electron chi connectivity index (χ4n) is 1.78. The van der Waals surface area contributed by atoms with Gasteiger partial charge in [-0.25, -0.2) is 0 Å². The second-order valence-electron chi connectivity index (χ2n) is 4.41. The summed E-state index contributed by atoms with van der Waals surface area (Å²) >= 11 is 0. The number of rotatable bonds is 4. The highest BCUT2D eigenvalue weighted by molar-refractivity contribution is 5.90. The molecular formula is C12H18N4O. The number of aromatic nitrogens is 2. The maximum atomic E-state index is 5.97. The van der Waals surface area contributed by atoms with E-state index in [1.165, 1.54) is 0 Å². The van der Waals surface area contributed by atoms with Crippen LogP contribution in [0, 0.1) is 0 Å². The molecule has 92 valence electrons. The molecule has 0 aliphatic rings. The summed E-state index contributed by atoms with van der Waals surface area (Å²) in [5, 5.41) is 5.31. The van der Waals surface area contributed by atoms with E-state index in [1.807, 2.05) is 32.3 Å². The molecule has 5 heteroatoms.